The summed E-state index contributed by atoms with van der Waals surface area (Å²) in [6.45, 7) is 0.578. The third-order valence-electron chi connectivity index (χ3n) is 2.50. The molecule has 0 aliphatic carbocycles. The van der Waals surface area contributed by atoms with Gasteiger partial charge >= 0.3 is 5.69 Å². The lowest BCUT2D eigenvalue weighted by Crippen LogP contribution is -2.07. The zero-order valence-corrected chi connectivity index (χ0v) is 10.7. The Bertz CT molecular complexity index is 558. The molecule has 0 fully saturated rings. The van der Waals surface area contributed by atoms with Crippen molar-refractivity contribution in [3.63, 3.8) is 0 Å². The summed E-state index contributed by atoms with van der Waals surface area (Å²) in [5.41, 5.74) is 0.911. The first-order valence-electron chi connectivity index (χ1n) is 5.69. The minimum atomic E-state index is -0.504. The predicted octanol–water partition coefficient (Wildman–Crippen LogP) is 2.41. The molecule has 0 saturated carbocycles. The molecule has 0 saturated heterocycles. The molecule has 7 nitrogen and oxygen atoms in total. The van der Waals surface area contributed by atoms with Gasteiger partial charge in [0.1, 0.15) is 0 Å². The van der Waals surface area contributed by atoms with Gasteiger partial charge in [-0.15, -0.1) is 0 Å². The molecule has 0 radical (unpaired) electrons. The van der Waals surface area contributed by atoms with Gasteiger partial charge in [0.2, 0.25) is 5.82 Å². The smallest absolute Gasteiger partial charge is 0.312 e. The lowest BCUT2D eigenvalue weighted by Gasteiger charge is -2.05. The number of aromatic amines is 1. The largest absolute Gasteiger partial charge is 0.364 e. The minimum absolute atomic E-state index is 0.117. The van der Waals surface area contributed by atoms with Crippen molar-refractivity contribution in [3.05, 3.63) is 45.4 Å². The van der Waals surface area contributed by atoms with Gasteiger partial charge in [-0.2, -0.15) is 5.10 Å². The van der Waals surface area contributed by atoms with Crippen LogP contribution in [0, 0.1) is 10.1 Å². The van der Waals surface area contributed by atoms with E-state index in [-0.39, 0.29) is 16.5 Å². The summed E-state index contributed by atoms with van der Waals surface area (Å²) < 4.78 is 0. The highest BCUT2D eigenvalue weighted by Crippen LogP contribution is 2.24. The Morgan fingerprint density at radius 1 is 1.53 bits per heavy atom. The van der Waals surface area contributed by atoms with E-state index in [4.69, 9.17) is 11.6 Å². The van der Waals surface area contributed by atoms with Gasteiger partial charge in [-0.1, -0.05) is 11.6 Å². The number of aromatic nitrogens is 3. The van der Waals surface area contributed by atoms with Gasteiger partial charge in [0.05, 0.1) is 9.95 Å². The highest BCUT2D eigenvalue weighted by Gasteiger charge is 2.15. The highest BCUT2D eigenvalue weighted by atomic mass is 35.5. The van der Waals surface area contributed by atoms with Crippen LogP contribution in [0.5, 0.6) is 0 Å². The van der Waals surface area contributed by atoms with Crippen molar-refractivity contribution in [2.75, 3.05) is 11.9 Å². The van der Waals surface area contributed by atoms with Crippen LogP contribution in [-0.4, -0.2) is 26.6 Å². The van der Waals surface area contributed by atoms with Crippen molar-refractivity contribution >= 4 is 23.1 Å². The van der Waals surface area contributed by atoms with Crippen molar-refractivity contribution in [3.8, 4) is 0 Å². The van der Waals surface area contributed by atoms with Crippen molar-refractivity contribution in [2.45, 2.75) is 12.8 Å². The van der Waals surface area contributed by atoms with Crippen molar-refractivity contribution < 1.29 is 4.92 Å². The maximum absolute atomic E-state index is 10.8. The summed E-state index contributed by atoms with van der Waals surface area (Å²) in [6, 6.07) is 3.18. The predicted molar refractivity (Wildman–Crippen MR) is 71.3 cm³/mol. The van der Waals surface area contributed by atoms with Gasteiger partial charge in [0, 0.05) is 30.7 Å². The second-order valence-corrected chi connectivity index (χ2v) is 4.33. The molecule has 2 aromatic heterocycles. The van der Waals surface area contributed by atoms with Crippen LogP contribution < -0.4 is 5.32 Å². The molecule has 2 aromatic rings. The average Bonchev–Trinajstić information content (AvgIpc) is 2.89. The van der Waals surface area contributed by atoms with Crippen LogP contribution in [0.25, 0.3) is 0 Å². The number of hydrogen-bond donors (Lipinski definition) is 2. The van der Waals surface area contributed by atoms with E-state index in [1.165, 1.54) is 12.3 Å². The van der Waals surface area contributed by atoms with Gasteiger partial charge in [0.15, 0.2) is 0 Å². The Morgan fingerprint density at radius 2 is 2.37 bits per heavy atom. The number of nitrogens with one attached hydrogen (secondary N) is 2. The molecule has 0 spiro atoms. The number of nitro groups is 1. The Kier molecular flexibility index (Phi) is 4.30. The van der Waals surface area contributed by atoms with Gasteiger partial charge in [-0.3, -0.25) is 15.2 Å². The Morgan fingerprint density at radius 3 is 3.05 bits per heavy atom. The summed E-state index contributed by atoms with van der Waals surface area (Å²) in [4.78, 5) is 14.3. The second-order valence-electron chi connectivity index (χ2n) is 3.89. The molecule has 2 rings (SSSR count). The third-order valence-corrected chi connectivity index (χ3v) is 2.71. The zero-order chi connectivity index (χ0) is 13.7. The van der Waals surface area contributed by atoms with Crippen LogP contribution in [0.15, 0.2) is 24.5 Å². The average molecular weight is 282 g/mol. The van der Waals surface area contributed by atoms with E-state index in [0.717, 1.165) is 18.5 Å². The number of halogens is 1. The fraction of sp³-hybridized carbons (Fsp3) is 0.273. The fourth-order valence-electron chi connectivity index (χ4n) is 1.61. The number of nitrogens with zero attached hydrogens (tertiary/aromatic N) is 3. The quantitative estimate of drug-likeness (QED) is 0.481. The maximum atomic E-state index is 10.8. The molecular formula is C11H12ClN5O2. The van der Waals surface area contributed by atoms with Gasteiger partial charge in [0.25, 0.3) is 0 Å². The molecule has 100 valence electrons. The van der Waals surface area contributed by atoms with Crippen LogP contribution >= 0.6 is 11.6 Å². The first-order valence-corrected chi connectivity index (χ1v) is 6.06. The van der Waals surface area contributed by atoms with Gasteiger partial charge < -0.3 is 5.32 Å². The molecule has 19 heavy (non-hydrogen) atoms. The van der Waals surface area contributed by atoms with Crippen molar-refractivity contribution in [2.24, 2.45) is 0 Å². The summed E-state index contributed by atoms with van der Waals surface area (Å²) in [6.07, 6.45) is 4.69. The lowest BCUT2D eigenvalue weighted by molar-refractivity contribution is -0.384. The van der Waals surface area contributed by atoms with E-state index < -0.39 is 4.92 Å². The number of hydrogen-bond acceptors (Lipinski definition) is 5. The van der Waals surface area contributed by atoms with Crippen LogP contribution in [0.2, 0.25) is 5.02 Å². The number of aryl methyl sites for hydroxylation is 1. The summed E-state index contributed by atoms with van der Waals surface area (Å²) >= 11 is 5.68. The summed E-state index contributed by atoms with van der Waals surface area (Å²) in [5, 5.41) is 20.7. The number of pyridine rings is 1. The molecule has 0 aliphatic rings. The molecule has 2 N–H and O–H groups in total. The lowest BCUT2D eigenvalue weighted by atomic mass is 10.2. The maximum Gasteiger partial charge on any atom is 0.312 e. The van der Waals surface area contributed by atoms with Crippen LogP contribution in [0.1, 0.15) is 12.1 Å². The van der Waals surface area contributed by atoms with Gasteiger partial charge in [-0.05, 0) is 18.9 Å². The zero-order valence-electron chi connectivity index (χ0n) is 9.97. The Balaban J connectivity index is 1.90. The standard InChI is InChI=1S/C11H12ClN5O2/c12-8-6-10(17(18)19)11(14-7-8)13-4-1-2-9-3-5-15-16-9/h3,5-7H,1-2,4H2,(H,13,14)(H,15,16). The van der Waals surface area contributed by atoms with Crippen molar-refractivity contribution in [1.82, 2.24) is 15.2 Å². The Labute approximate surface area is 114 Å². The molecule has 0 amide bonds. The minimum Gasteiger partial charge on any atom is -0.364 e. The molecule has 0 unspecified atom stereocenters. The fourth-order valence-corrected chi connectivity index (χ4v) is 1.77. The van der Waals surface area contributed by atoms with E-state index >= 15 is 0 Å². The molecule has 0 aromatic carbocycles. The van der Waals surface area contributed by atoms with Crippen molar-refractivity contribution in [1.29, 1.82) is 0 Å². The van der Waals surface area contributed by atoms with Crippen LogP contribution in [0.4, 0.5) is 11.5 Å². The number of rotatable bonds is 6. The van der Waals surface area contributed by atoms with E-state index in [9.17, 15) is 10.1 Å². The van der Waals surface area contributed by atoms with E-state index in [2.05, 4.69) is 20.5 Å². The summed E-state index contributed by atoms with van der Waals surface area (Å²) in [5.74, 6) is 0.235. The second kappa shape index (κ2) is 6.14. The van der Waals surface area contributed by atoms with E-state index in [1.807, 2.05) is 6.07 Å². The SMILES string of the molecule is O=[N+]([O-])c1cc(Cl)cnc1NCCCc1ccn[nH]1. The third kappa shape index (κ3) is 3.65. The van der Waals surface area contributed by atoms with Crippen LogP contribution in [-0.2, 0) is 6.42 Å². The van der Waals surface area contributed by atoms with Crippen LogP contribution in [0.3, 0.4) is 0 Å². The first-order chi connectivity index (χ1) is 9.16. The topological polar surface area (TPSA) is 96.7 Å². The molecule has 0 atom stereocenters. The molecule has 8 heteroatoms. The van der Waals surface area contributed by atoms with Gasteiger partial charge in [-0.25, -0.2) is 4.98 Å². The first kappa shape index (κ1) is 13.3. The normalized spacial score (nSPS) is 10.4. The molecule has 0 aliphatic heterocycles. The van der Waals surface area contributed by atoms with E-state index in [1.54, 1.807) is 6.20 Å². The number of anilines is 1. The Hall–Kier alpha value is -2.15. The molecular weight excluding hydrogens is 270 g/mol. The van der Waals surface area contributed by atoms with E-state index in [0.29, 0.717) is 6.54 Å². The summed E-state index contributed by atoms with van der Waals surface area (Å²) in [7, 11) is 0. The molecule has 0 bridgehead atoms. The highest BCUT2D eigenvalue weighted by molar-refractivity contribution is 6.30. The molecule has 2 heterocycles. The number of H-pyrrole nitrogens is 1. The monoisotopic (exact) mass is 281 g/mol.